The highest BCUT2D eigenvalue weighted by Crippen LogP contribution is 2.39. The fraction of sp³-hybridized carbons (Fsp3) is 0.500. The first-order valence-corrected chi connectivity index (χ1v) is 14.0. The highest BCUT2D eigenvalue weighted by Gasteiger charge is 2.39. The van der Waals surface area contributed by atoms with E-state index in [0.29, 0.717) is 19.5 Å². The molecule has 186 valence electrons. The van der Waals surface area contributed by atoms with Gasteiger partial charge in [0.1, 0.15) is 5.82 Å². The van der Waals surface area contributed by atoms with Crippen LogP contribution in [0.4, 0.5) is 4.39 Å². The van der Waals surface area contributed by atoms with Gasteiger partial charge in [-0.3, -0.25) is 8.98 Å². The van der Waals surface area contributed by atoms with E-state index in [-0.39, 0.29) is 29.5 Å². The molecule has 0 bridgehead atoms. The minimum Gasteiger partial charge on any atom is -0.342 e. The number of benzene rings is 2. The summed E-state index contributed by atoms with van der Waals surface area (Å²) in [6.07, 6.45) is 4.77. The van der Waals surface area contributed by atoms with Crippen LogP contribution in [-0.4, -0.2) is 45.2 Å². The summed E-state index contributed by atoms with van der Waals surface area (Å²) in [7, 11) is -3.57. The molecule has 1 atom stereocenters. The molecule has 0 spiro atoms. The lowest BCUT2D eigenvalue weighted by molar-refractivity contribution is -0.133. The normalized spacial score (nSPS) is 18.8. The van der Waals surface area contributed by atoms with E-state index in [9.17, 15) is 17.6 Å². The number of halogens is 2. The van der Waals surface area contributed by atoms with Crippen molar-refractivity contribution >= 4 is 27.6 Å². The number of hydrogen-bond donors (Lipinski definition) is 0. The molecule has 0 saturated carbocycles. The number of carbonyl (C=O) groups excluding carboxylic acids is 1. The zero-order valence-electron chi connectivity index (χ0n) is 20.1. The average Bonchev–Trinajstić information content (AvgIpc) is 2.80. The van der Waals surface area contributed by atoms with Crippen LogP contribution in [0.15, 0.2) is 36.4 Å². The predicted octanol–water partition coefficient (Wildman–Crippen LogP) is 5.07. The number of amides is 1. The van der Waals surface area contributed by atoms with Gasteiger partial charge in [-0.05, 0) is 60.9 Å². The molecule has 1 aliphatic rings. The van der Waals surface area contributed by atoms with Crippen molar-refractivity contribution < 1.29 is 21.8 Å². The third-order valence-electron chi connectivity index (χ3n) is 6.78. The molecule has 1 aliphatic heterocycles. The van der Waals surface area contributed by atoms with Crippen molar-refractivity contribution in [3.05, 3.63) is 69.5 Å². The molecule has 34 heavy (non-hydrogen) atoms. The standard InChI is InChI=1S/C26H33ClFNO4S/c1-4-19-10-11-21(16-20(19)5-2)26(13-15-33-34(3,31)32)12-7-14-29(18-26)25(30)17-22-23(27)8-6-9-24(22)28/h6,8-11,16H,4-5,7,12-15,17-18H2,1-3H3/t26-/m1/s1. The summed E-state index contributed by atoms with van der Waals surface area (Å²) >= 11 is 6.15. The van der Waals surface area contributed by atoms with E-state index < -0.39 is 21.4 Å². The maximum Gasteiger partial charge on any atom is 0.264 e. The highest BCUT2D eigenvalue weighted by atomic mass is 35.5. The summed E-state index contributed by atoms with van der Waals surface area (Å²) in [6, 6.07) is 10.8. The summed E-state index contributed by atoms with van der Waals surface area (Å²) in [4.78, 5) is 15.0. The van der Waals surface area contributed by atoms with Crippen LogP contribution in [0.2, 0.25) is 5.02 Å². The first-order chi connectivity index (χ1) is 16.1. The van der Waals surface area contributed by atoms with E-state index in [4.69, 9.17) is 15.8 Å². The third-order valence-corrected chi connectivity index (χ3v) is 7.73. The van der Waals surface area contributed by atoms with E-state index in [2.05, 4.69) is 32.0 Å². The molecule has 0 unspecified atom stereocenters. The van der Waals surface area contributed by atoms with Crippen LogP contribution in [0, 0.1) is 5.82 Å². The van der Waals surface area contributed by atoms with E-state index in [0.717, 1.165) is 37.5 Å². The van der Waals surface area contributed by atoms with Crippen LogP contribution in [-0.2, 0) is 43.8 Å². The molecule has 1 heterocycles. The Labute approximate surface area is 207 Å². The van der Waals surface area contributed by atoms with Crippen molar-refractivity contribution in [3.8, 4) is 0 Å². The van der Waals surface area contributed by atoms with Gasteiger partial charge in [-0.25, -0.2) is 4.39 Å². The lowest BCUT2D eigenvalue weighted by Gasteiger charge is -2.44. The highest BCUT2D eigenvalue weighted by molar-refractivity contribution is 7.85. The minimum absolute atomic E-state index is 0.0387. The first-order valence-electron chi connectivity index (χ1n) is 11.8. The van der Waals surface area contributed by atoms with Gasteiger partial charge in [0, 0.05) is 29.1 Å². The molecule has 0 aliphatic carbocycles. The van der Waals surface area contributed by atoms with Crippen molar-refractivity contribution in [2.45, 2.75) is 57.8 Å². The molecule has 1 amide bonds. The summed E-state index contributed by atoms with van der Waals surface area (Å²) in [6.45, 7) is 5.26. The van der Waals surface area contributed by atoms with E-state index in [1.54, 1.807) is 11.0 Å². The summed E-state index contributed by atoms with van der Waals surface area (Å²) < 4.78 is 42.6. The zero-order chi connectivity index (χ0) is 24.9. The van der Waals surface area contributed by atoms with Crippen molar-refractivity contribution in [1.29, 1.82) is 0 Å². The molecule has 8 heteroatoms. The molecule has 2 aromatic rings. The molecule has 0 N–H and O–H groups in total. The molecular formula is C26H33ClFNO4S. The van der Waals surface area contributed by atoms with Gasteiger partial charge < -0.3 is 4.90 Å². The van der Waals surface area contributed by atoms with Gasteiger partial charge in [0.15, 0.2) is 0 Å². The monoisotopic (exact) mass is 509 g/mol. The Morgan fingerprint density at radius 3 is 2.56 bits per heavy atom. The first kappa shape index (κ1) is 26.6. The van der Waals surface area contributed by atoms with Gasteiger partial charge in [-0.2, -0.15) is 8.42 Å². The number of piperidine rings is 1. The van der Waals surface area contributed by atoms with E-state index in [1.807, 2.05) is 0 Å². The van der Waals surface area contributed by atoms with Gasteiger partial charge in [-0.15, -0.1) is 0 Å². The zero-order valence-corrected chi connectivity index (χ0v) is 21.6. The Balaban J connectivity index is 1.91. The molecule has 3 rings (SSSR count). The fourth-order valence-electron chi connectivity index (χ4n) is 4.91. The number of likely N-dealkylation sites (tertiary alicyclic amines) is 1. The molecule has 2 aromatic carbocycles. The summed E-state index contributed by atoms with van der Waals surface area (Å²) in [5.41, 5.74) is 3.37. The topological polar surface area (TPSA) is 63.7 Å². The molecule has 0 radical (unpaired) electrons. The number of hydrogen-bond acceptors (Lipinski definition) is 4. The Morgan fingerprint density at radius 2 is 1.91 bits per heavy atom. The largest absolute Gasteiger partial charge is 0.342 e. The van der Waals surface area contributed by atoms with Crippen LogP contribution >= 0.6 is 11.6 Å². The van der Waals surface area contributed by atoms with E-state index >= 15 is 0 Å². The average molecular weight is 510 g/mol. The quantitative estimate of drug-likeness (QED) is 0.442. The molecule has 5 nitrogen and oxygen atoms in total. The van der Waals surface area contributed by atoms with Crippen molar-refractivity contribution in [1.82, 2.24) is 4.90 Å². The lowest BCUT2D eigenvalue weighted by atomic mass is 9.71. The second-order valence-corrected chi connectivity index (χ2v) is 11.1. The smallest absolute Gasteiger partial charge is 0.264 e. The Hall–Kier alpha value is -1.96. The summed E-state index contributed by atoms with van der Waals surface area (Å²) in [5, 5.41) is 0.237. The molecule has 1 fully saturated rings. The van der Waals surface area contributed by atoms with Gasteiger partial charge >= 0.3 is 0 Å². The number of carbonyl (C=O) groups is 1. The lowest BCUT2D eigenvalue weighted by Crippen LogP contribution is -2.49. The maximum absolute atomic E-state index is 14.3. The second-order valence-electron chi connectivity index (χ2n) is 9.04. The second kappa shape index (κ2) is 11.2. The van der Waals surface area contributed by atoms with Gasteiger partial charge in [-0.1, -0.05) is 49.7 Å². The molecule has 0 aromatic heterocycles. The van der Waals surface area contributed by atoms with Crippen LogP contribution in [0.5, 0.6) is 0 Å². The molecular weight excluding hydrogens is 477 g/mol. The third kappa shape index (κ3) is 6.37. The minimum atomic E-state index is -3.57. The summed E-state index contributed by atoms with van der Waals surface area (Å²) in [5.74, 6) is -0.686. The van der Waals surface area contributed by atoms with Gasteiger partial charge in [0.2, 0.25) is 5.91 Å². The SMILES string of the molecule is CCc1ccc([C@@]2(CCOS(C)(=O)=O)CCCN(C(=O)Cc3c(F)cccc3Cl)C2)cc1CC. The number of rotatable bonds is 9. The number of nitrogens with zero attached hydrogens (tertiary/aromatic N) is 1. The van der Waals surface area contributed by atoms with Crippen LogP contribution in [0.3, 0.4) is 0 Å². The van der Waals surface area contributed by atoms with Crippen molar-refractivity contribution in [2.75, 3.05) is 26.0 Å². The Bertz CT molecular complexity index is 1120. The number of aryl methyl sites for hydroxylation is 2. The van der Waals surface area contributed by atoms with Crippen molar-refractivity contribution in [3.63, 3.8) is 0 Å². The van der Waals surface area contributed by atoms with Crippen LogP contribution in [0.25, 0.3) is 0 Å². The maximum atomic E-state index is 14.3. The Morgan fingerprint density at radius 1 is 1.18 bits per heavy atom. The fourth-order valence-corrected chi connectivity index (χ4v) is 5.53. The Kier molecular flexibility index (Phi) is 8.77. The van der Waals surface area contributed by atoms with E-state index in [1.165, 1.54) is 23.3 Å². The van der Waals surface area contributed by atoms with Crippen LogP contribution < -0.4 is 0 Å². The van der Waals surface area contributed by atoms with Gasteiger partial charge in [0.25, 0.3) is 10.1 Å². The predicted molar refractivity (Wildman–Crippen MR) is 133 cm³/mol. The van der Waals surface area contributed by atoms with Crippen molar-refractivity contribution in [2.24, 2.45) is 0 Å². The van der Waals surface area contributed by atoms with Gasteiger partial charge in [0.05, 0.1) is 19.3 Å². The molecule has 1 saturated heterocycles. The van der Waals surface area contributed by atoms with Crippen LogP contribution in [0.1, 0.15) is 55.4 Å².